The number of para-hydroxylation sites is 1. The zero-order valence-electron chi connectivity index (χ0n) is 4.79. The molecule has 0 heterocycles. The average Bonchev–Trinajstić information content (AvgIpc) is 1.90. The standard InChI is InChI=1S/C7H8O.K.H/c1-8-7-5-3-2-4-6-7;;/h2-6H,1H3;;. The second-order valence-electron chi connectivity index (χ2n) is 1.52. The Hall–Kier alpha value is 0.656. The molecule has 0 radical (unpaired) electrons. The van der Waals surface area contributed by atoms with Gasteiger partial charge in [0.2, 0.25) is 0 Å². The van der Waals surface area contributed by atoms with Gasteiger partial charge in [-0.3, -0.25) is 0 Å². The summed E-state index contributed by atoms with van der Waals surface area (Å²) < 4.78 is 4.91. The molecule has 0 aliphatic carbocycles. The quantitative estimate of drug-likeness (QED) is 0.541. The van der Waals surface area contributed by atoms with E-state index >= 15 is 0 Å². The molecule has 0 saturated carbocycles. The van der Waals surface area contributed by atoms with E-state index in [0.29, 0.717) is 0 Å². The van der Waals surface area contributed by atoms with Gasteiger partial charge in [0.15, 0.2) is 0 Å². The predicted molar refractivity (Wildman–Crippen MR) is 40.1 cm³/mol. The van der Waals surface area contributed by atoms with Crippen LogP contribution in [0, 0.1) is 0 Å². The number of hydrogen-bond acceptors (Lipinski definition) is 1. The summed E-state index contributed by atoms with van der Waals surface area (Å²) in [5.74, 6) is 0.910. The van der Waals surface area contributed by atoms with Crippen molar-refractivity contribution in [3.63, 3.8) is 0 Å². The normalized spacial score (nSPS) is 7.67. The van der Waals surface area contributed by atoms with E-state index < -0.39 is 0 Å². The zero-order valence-corrected chi connectivity index (χ0v) is 4.79. The Morgan fingerprint density at radius 1 is 1.11 bits per heavy atom. The van der Waals surface area contributed by atoms with E-state index in [1.807, 2.05) is 30.3 Å². The zero-order chi connectivity index (χ0) is 5.82. The molecule has 0 fully saturated rings. The van der Waals surface area contributed by atoms with Crippen molar-refractivity contribution in [2.24, 2.45) is 0 Å². The molecule has 1 rings (SSSR count). The van der Waals surface area contributed by atoms with E-state index in [0.717, 1.165) is 5.75 Å². The third-order valence-corrected chi connectivity index (χ3v) is 0.979. The first kappa shape index (κ1) is 9.66. The van der Waals surface area contributed by atoms with Crippen LogP contribution in [-0.4, -0.2) is 58.5 Å². The van der Waals surface area contributed by atoms with Crippen LogP contribution >= 0.6 is 0 Å². The first-order valence-electron chi connectivity index (χ1n) is 2.52. The number of hydrogen-bond donors (Lipinski definition) is 0. The van der Waals surface area contributed by atoms with Gasteiger partial charge in [-0.05, 0) is 12.1 Å². The summed E-state index contributed by atoms with van der Waals surface area (Å²) >= 11 is 0. The summed E-state index contributed by atoms with van der Waals surface area (Å²) in [7, 11) is 1.66. The molecule has 0 amide bonds. The Kier molecular flexibility index (Phi) is 5.84. The van der Waals surface area contributed by atoms with Crippen molar-refractivity contribution in [2.75, 3.05) is 7.11 Å². The van der Waals surface area contributed by atoms with Crippen molar-refractivity contribution in [3.05, 3.63) is 30.3 Å². The van der Waals surface area contributed by atoms with Gasteiger partial charge in [-0.15, -0.1) is 0 Å². The van der Waals surface area contributed by atoms with Crippen LogP contribution in [0.1, 0.15) is 0 Å². The Labute approximate surface area is 97.8 Å². The molecule has 0 saturated heterocycles. The molecule has 0 aromatic heterocycles. The van der Waals surface area contributed by atoms with E-state index in [4.69, 9.17) is 4.74 Å². The molecule has 0 aliphatic heterocycles. The first-order valence-corrected chi connectivity index (χ1v) is 2.52. The van der Waals surface area contributed by atoms with Gasteiger partial charge in [0, 0.05) is 0 Å². The molecule has 1 nitrogen and oxygen atoms in total. The Bertz CT molecular complexity index is 150. The van der Waals surface area contributed by atoms with Gasteiger partial charge < -0.3 is 4.74 Å². The topological polar surface area (TPSA) is 9.23 Å². The number of methoxy groups -OCH3 is 1. The molecule has 9 heavy (non-hydrogen) atoms. The number of ether oxygens (including phenoxy) is 1. The summed E-state index contributed by atoms with van der Waals surface area (Å²) in [6.45, 7) is 0. The second kappa shape index (κ2) is 5.44. The van der Waals surface area contributed by atoms with Crippen LogP contribution in [0.5, 0.6) is 5.75 Å². The molecular weight excluding hydrogens is 139 g/mol. The van der Waals surface area contributed by atoms with E-state index in [1.54, 1.807) is 7.11 Å². The van der Waals surface area contributed by atoms with Crippen LogP contribution < -0.4 is 4.74 Å². The molecule has 0 spiro atoms. The Morgan fingerprint density at radius 2 is 1.67 bits per heavy atom. The minimum atomic E-state index is 0. The first-order chi connectivity index (χ1) is 3.93. The van der Waals surface area contributed by atoms with Crippen LogP contribution in [0.3, 0.4) is 0 Å². The summed E-state index contributed by atoms with van der Waals surface area (Å²) in [5, 5.41) is 0. The van der Waals surface area contributed by atoms with Crippen molar-refractivity contribution in [3.8, 4) is 5.75 Å². The van der Waals surface area contributed by atoms with Gasteiger partial charge in [-0.2, -0.15) is 0 Å². The van der Waals surface area contributed by atoms with Crippen molar-refractivity contribution in [1.82, 2.24) is 0 Å². The molecule has 2 heteroatoms. The number of benzene rings is 1. The van der Waals surface area contributed by atoms with Gasteiger partial charge in [-0.1, -0.05) is 18.2 Å². The summed E-state index contributed by atoms with van der Waals surface area (Å²) in [4.78, 5) is 0. The van der Waals surface area contributed by atoms with Gasteiger partial charge in [-0.25, -0.2) is 0 Å². The molecule has 0 N–H and O–H groups in total. The fraction of sp³-hybridized carbons (Fsp3) is 0.143. The van der Waals surface area contributed by atoms with Crippen molar-refractivity contribution in [2.45, 2.75) is 0 Å². The van der Waals surface area contributed by atoms with Crippen LogP contribution in [0.25, 0.3) is 0 Å². The Morgan fingerprint density at radius 3 is 2.00 bits per heavy atom. The maximum absolute atomic E-state index is 4.91. The molecule has 1 aromatic carbocycles. The molecule has 0 unspecified atom stereocenters. The molecule has 1 aromatic rings. The molecule has 0 bridgehead atoms. The van der Waals surface area contributed by atoms with E-state index in [9.17, 15) is 0 Å². The third-order valence-electron chi connectivity index (χ3n) is 0.979. The Balaban J connectivity index is 0.000000640. The van der Waals surface area contributed by atoms with Gasteiger partial charge in [0.05, 0.1) is 7.11 Å². The van der Waals surface area contributed by atoms with Crippen LogP contribution in [0.4, 0.5) is 0 Å². The van der Waals surface area contributed by atoms with E-state index in [1.165, 1.54) is 0 Å². The number of rotatable bonds is 1. The van der Waals surface area contributed by atoms with Gasteiger partial charge in [0.25, 0.3) is 0 Å². The molecular formula is C7H9KO. The van der Waals surface area contributed by atoms with Gasteiger partial charge >= 0.3 is 51.4 Å². The summed E-state index contributed by atoms with van der Waals surface area (Å²) in [6, 6.07) is 9.68. The van der Waals surface area contributed by atoms with Crippen molar-refractivity contribution in [1.29, 1.82) is 0 Å². The van der Waals surface area contributed by atoms with Crippen LogP contribution in [0.15, 0.2) is 30.3 Å². The maximum atomic E-state index is 4.91. The summed E-state index contributed by atoms with van der Waals surface area (Å²) in [5.41, 5.74) is 0. The van der Waals surface area contributed by atoms with E-state index in [-0.39, 0.29) is 51.4 Å². The SMILES string of the molecule is COc1ccccc1.[KH]. The third kappa shape index (κ3) is 3.38. The average molecular weight is 148 g/mol. The predicted octanol–water partition coefficient (Wildman–Crippen LogP) is 1.05. The fourth-order valence-electron chi connectivity index (χ4n) is 0.557. The monoisotopic (exact) mass is 148 g/mol. The van der Waals surface area contributed by atoms with Crippen LogP contribution in [-0.2, 0) is 0 Å². The second-order valence-corrected chi connectivity index (χ2v) is 1.52. The van der Waals surface area contributed by atoms with Crippen molar-refractivity contribution < 1.29 is 4.74 Å². The molecule has 0 atom stereocenters. The minimum absolute atomic E-state index is 0. The van der Waals surface area contributed by atoms with Gasteiger partial charge in [0.1, 0.15) is 5.75 Å². The van der Waals surface area contributed by atoms with E-state index in [2.05, 4.69) is 0 Å². The molecule has 44 valence electrons. The summed E-state index contributed by atoms with van der Waals surface area (Å²) in [6.07, 6.45) is 0. The molecule has 0 aliphatic rings. The van der Waals surface area contributed by atoms with Crippen molar-refractivity contribution >= 4 is 51.4 Å². The fourth-order valence-corrected chi connectivity index (χ4v) is 0.557. The van der Waals surface area contributed by atoms with Crippen LogP contribution in [0.2, 0.25) is 0 Å².